The summed E-state index contributed by atoms with van der Waals surface area (Å²) < 4.78 is 0. The minimum Gasteiger partial charge on any atom is -0.198 e. The highest BCUT2D eigenvalue weighted by Crippen LogP contribution is 2.25. The predicted octanol–water partition coefficient (Wildman–Crippen LogP) is 4.54. The van der Waals surface area contributed by atoms with Gasteiger partial charge in [-0.1, -0.05) is 0 Å². The molecule has 0 aliphatic carbocycles. The second kappa shape index (κ2) is 9.40. The van der Waals surface area contributed by atoms with Crippen LogP contribution in [0.4, 0.5) is 0 Å². The first-order valence-electron chi connectivity index (χ1n) is 8.02. The third-order valence-electron chi connectivity index (χ3n) is 2.47. The van der Waals surface area contributed by atoms with Crippen molar-refractivity contribution in [3.63, 3.8) is 0 Å². The molecule has 24 heavy (non-hydrogen) atoms. The Labute approximate surface area is 145 Å². The van der Waals surface area contributed by atoms with Gasteiger partial charge in [-0.05, 0) is 102 Å². The fourth-order valence-corrected chi connectivity index (χ4v) is 1.13. The topological polar surface area (TPSA) is 73.8 Å². The van der Waals surface area contributed by atoms with E-state index in [9.17, 15) is 0 Å². The molecule has 8 nitrogen and oxygen atoms in total. The molecule has 146 valence electrons. The van der Waals surface area contributed by atoms with E-state index in [1.54, 1.807) is 0 Å². The van der Waals surface area contributed by atoms with Gasteiger partial charge in [-0.3, -0.25) is 0 Å². The summed E-state index contributed by atoms with van der Waals surface area (Å²) in [5, 5.41) is 18.4. The normalized spacial score (nSPS) is 14.2. The van der Waals surface area contributed by atoms with Crippen LogP contribution in [-0.4, -0.2) is 22.4 Å². The summed E-state index contributed by atoms with van der Waals surface area (Å²) in [5.74, 6) is 0. The Morgan fingerprint density at radius 2 is 0.667 bits per heavy atom. The molecular weight excluding hydrogens is 320 g/mol. The summed E-state index contributed by atoms with van der Waals surface area (Å²) in [5.41, 5.74) is -2.22. The molecule has 0 radical (unpaired) electrons. The maximum absolute atomic E-state index is 5.19. The molecule has 0 aliphatic rings. The van der Waals surface area contributed by atoms with Crippen molar-refractivity contribution in [1.29, 1.82) is 0 Å². The number of rotatable bonds is 11. The Bertz CT molecular complexity index is 307. The van der Waals surface area contributed by atoms with Gasteiger partial charge >= 0.3 is 0 Å². The molecule has 0 spiro atoms. The lowest BCUT2D eigenvalue weighted by atomic mass is 9.94. The monoisotopic (exact) mass is 354 g/mol. The molecule has 0 atom stereocenters. The van der Waals surface area contributed by atoms with Crippen molar-refractivity contribution in [3.8, 4) is 0 Å². The highest BCUT2D eigenvalue weighted by Gasteiger charge is 2.29. The Morgan fingerprint density at radius 1 is 0.417 bits per heavy atom. The Balaban J connectivity index is 4.00. The Hall–Kier alpha value is -0.320. The van der Waals surface area contributed by atoms with Gasteiger partial charge in [-0.2, -0.15) is 19.6 Å². The van der Waals surface area contributed by atoms with Crippen molar-refractivity contribution in [2.45, 2.75) is 104 Å². The second-order valence-electron chi connectivity index (χ2n) is 8.85. The van der Waals surface area contributed by atoms with Gasteiger partial charge in [-0.25, -0.2) is 0 Å². The van der Waals surface area contributed by atoms with Gasteiger partial charge in [-0.15, -0.1) is 0 Å². The van der Waals surface area contributed by atoms with Crippen LogP contribution in [0.3, 0.4) is 0 Å². The Kier molecular flexibility index (Phi) is 9.27. The molecule has 0 unspecified atom stereocenters. The standard InChI is InChI=1S/C16H34O8/c1-13(2,3)17-21-23-19-15(7,8)11-12-16(9,10)20-24-22-18-14(4,5)6/h11-12H2,1-10H3. The van der Waals surface area contributed by atoms with Gasteiger partial charge in [0, 0.05) is 0 Å². The summed E-state index contributed by atoms with van der Waals surface area (Å²) in [6.07, 6.45) is 1.20. The van der Waals surface area contributed by atoms with E-state index in [2.05, 4.69) is 20.2 Å². The van der Waals surface area contributed by atoms with E-state index in [1.807, 2.05) is 69.2 Å². The van der Waals surface area contributed by atoms with Crippen molar-refractivity contribution in [3.05, 3.63) is 0 Å². The molecule has 0 saturated heterocycles. The minimum atomic E-state index is -0.620. The molecule has 0 amide bonds. The molecule has 0 rings (SSSR count). The Morgan fingerprint density at radius 3 is 0.917 bits per heavy atom. The molecule has 0 aromatic rings. The summed E-state index contributed by atoms with van der Waals surface area (Å²) in [7, 11) is 0. The van der Waals surface area contributed by atoms with Crippen molar-refractivity contribution < 1.29 is 39.7 Å². The quantitative estimate of drug-likeness (QED) is 0.304. The fourth-order valence-electron chi connectivity index (χ4n) is 1.13. The molecular formula is C16H34O8. The summed E-state index contributed by atoms with van der Waals surface area (Å²) in [6.45, 7) is 18.4. The number of hydrogen-bond donors (Lipinski definition) is 0. The minimum absolute atomic E-state index is 0.490. The van der Waals surface area contributed by atoms with Gasteiger partial charge in [0.05, 0.1) is 11.2 Å². The molecule has 0 aromatic carbocycles. The van der Waals surface area contributed by atoms with Crippen LogP contribution in [0.25, 0.3) is 0 Å². The van der Waals surface area contributed by atoms with E-state index < -0.39 is 22.4 Å². The van der Waals surface area contributed by atoms with Crippen molar-refractivity contribution in [2.75, 3.05) is 0 Å². The molecule has 0 aliphatic heterocycles. The maximum Gasteiger partial charge on any atom is 0.101 e. The molecule has 0 saturated carbocycles. The molecule has 0 heterocycles. The first-order valence-corrected chi connectivity index (χ1v) is 8.02. The van der Waals surface area contributed by atoms with Crippen molar-refractivity contribution in [2.24, 2.45) is 0 Å². The van der Waals surface area contributed by atoms with Crippen LogP contribution in [0.15, 0.2) is 0 Å². The van der Waals surface area contributed by atoms with Crippen molar-refractivity contribution in [1.82, 2.24) is 0 Å². The van der Waals surface area contributed by atoms with Gasteiger partial charge in [0.1, 0.15) is 11.2 Å². The number of hydrogen-bond acceptors (Lipinski definition) is 8. The van der Waals surface area contributed by atoms with Gasteiger partial charge in [0.2, 0.25) is 0 Å². The van der Waals surface area contributed by atoms with Crippen LogP contribution in [0.1, 0.15) is 82.1 Å². The summed E-state index contributed by atoms with van der Waals surface area (Å²) in [6, 6.07) is 0. The molecule has 0 bridgehead atoms. The van der Waals surface area contributed by atoms with Gasteiger partial charge < -0.3 is 0 Å². The zero-order chi connectivity index (χ0) is 19.1. The molecule has 0 fully saturated rings. The van der Waals surface area contributed by atoms with E-state index in [-0.39, 0.29) is 0 Å². The van der Waals surface area contributed by atoms with E-state index in [0.29, 0.717) is 12.8 Å². The molecule has 0 aromatic heterocycles. The van der Waals surface area contributed by atoms with Crippen LogP contribution < -0.4 is 0 Å². The average molecular weight is 354 g/mol. The SMILES string of the molecule is CC(C)(C)OOOOC(C)(C)CCC(C)(C)OOOOC(C)(C)C. The predicted molar refractivity (Wildman–Crippen MR) is 85.6 cm³/mol. The van der Waals surface area contributed by atoms with E-state index in [4.69, 9.17) is 19.6 Å². The van der Waals surface area contributed by atoms with E-state index in [0.717, 1.165) is 0 Å². The van der Waals surface area contributed by atoms with E-state index in [1.165, 1.54) is 0 Å². The summed E-state index contributed by atoms with van der Waals surface area (Å²) >= 11 is 0. The zero-order valence-corrected chi connectivity index (χ0v) is 16.7. The first kappa shape index (κ1) is 23.7. The lowest BCUT2D eigenvalue weighted by molar-refractivity contribution is -0.666. The molecule has 0 N–H and O–H groups in total. The van der Waals surface area contributed by atoms with Crippen LogP contribution in [0.5, 0.6) is 0 Å². The highest BCUT2D eigenvalue weighted by atomic mass is 17.7. The third kappa shape index (κ3) is 15.2. The van der Waals surface area contributed by atoms with Crippen molar-refractivity contribution >= 4 is 0 Å². The average Bonchev–Trinajstić information content (AvgIpc) is 2.36. The largest absolute Gasteiger partial charge is 0.198 e. The van der Waals surface area contributed by atoms with Crippen LogP contribution in [0.2, 0.25) is 0 Å². The zero-order valence-electron chi connectivity index (χ0n) is 16.7. The highest BCUT2D eigenvalue weighted by molar-refractivity contribution is 4.74. The van der Waals surface area contributed by atoms with E-state index >= 15 is 0 Å². The summed E-state index contributed by atoms with van der Waals surface area (Å²) in [4.78, 5) is 20.3. The third-order valence-corrected chi connectivity index (χ3v) is 2.47. The van der Waals surface area contributed by atoms with Gasteiger partial charge in [0.15, 0.2) is 0 Å². The lowest BCUT2D eigenvalue weighted by Crippen LogP contribution is -2.32. The van der Waals surface area contributed by atoms with Crippen LogP contribution in [-0.2, 0) is 39.7 Å². The van der Waals surface area contributed by atoms with Crippen LogP contribution in [0, 0.1) is 0 Å². The fraction of sp³-hybridized carbons (Fsp3) is 1.00. The lowest BCUT2D eigenvalue weighted by Gasteiger charge is -2.28. The molecule has 8 heteroatoms. The first-order chi connectivity index (χ1) is 10.6. The smallest absolute Gasteiger partial charge is 0.101 e. The van der Waals surface area contributed by atoms with Crippen LogP contribution >= 0.6 is 0 Å². The second-order valence-corrected chi connectivity index (χ2v) is 8.85. The van der Waals surface area contributed by atoms with Gasteiger partial charge in [0.25, 0.3) is 0 Å². The maximum atomic E-state index is 5.19.